The highest BCUT2D eigenvalue weighted by atomic mass is 16.3. The van der Waals surface area contributed by atoms with Crippen LogP contribution >= 0.6 is 0 Å². The molecule has 0 bridgehead atoms. The van der Waals surface area contributed by atoms with Gasteiger partial charge >= 0.3 is 0 Å². The summed E-state index contributed by atoms with van der Waals surface area (Å²) in [4.78, 5) is 23.4. The van der Waals surface area contributed by atoms with E-state index < -0.39 is 0 Å². The molecular formula is C20H19N5O2. The van der Waals surface area contributed by atoms with Crippen molar-refractivity contribution in [3.8, 4) is 11.3 Å². The first-order valence-corrected chi connectivity index (χ1v) is 8.50. The summed E-state index contributed by atoms with van der Waals surface area (Å²) in [6.45, 7) is 1.84. The first-order chi connectivity index (χ1) is 13.0. The quantitative estimate of drug-likeness (QED) is 0.601. The Morgan fingerprint density at radius 3 is 2.63 bits per heavy atom. The second-order valence-electron chi connectivity index (χ2n) is 6.42. The van der Waals surface area contributed by atoms with Gasteiger partial charge in [0.25, 0.3) is 5.91 Å². The zero-order valence-corrected chi connectivity index (χ0v) is 15.3. The SMILES string of the molecule is Cc1nc2cnc(-c3ccc(N(C)C)cc3)cn2c1NC(=O)c1ccco1. The van der Waals surface area contributed by atoms with Crippen molar-refractivity contribution in [2.45, 2.75) is 6.92 Å². The minimum absolute atomic E-state index is 0.248. The number of amides is 1. The van der Waals surface area contributed by atoms with Crippen molar-refractivity contribution in [3.05, 3.63) is 66.5 Å². The van der Waals surface area contributed by atoms with Gasteiger partial charge in [-0.05, 0) is 31.2 Å². The standard InChI is InChI=1S/C20H19N5O2/c1-13-19(23-20(26)17-5-4-10-27-17)25-12-16(21-11-18(25)22-13)14-6-8-15(9-7-14)24(2)3/h4-12H,1-3H3,(H,23,26). The van der Waals surface area contributed by atoms with E-state index in [0.29, 0.717) is 17.2 Å². The van der Waals surface area contributed by atoms with Gasteiger partial charge in [-0.1, -0.05) is 12.1 Å². The molecule has 1 N–H and O–H groups in total. The van der Waals surface area contributed by atoms with E-state index in [4.69, 9.17) is 4.42 Å². The molecule has 7 nitrogen and oxygen atoms in total. The first kappa shape index (κ1) is 16.8. The van der Waals surface area contributed by atoms with Gasteiger partial charge in [0, 0.05) is 31.5 Å². The van der Waals surface area contributed by atoms with Crippen LogP contribution in [0.5, 0.6) is 0 Å². The first-order valence-electron chi connectivity index (χ1n) is 8.50. The summed E-state index contributed by atoms with van der Waals surface area (Å²) in [5, 5.41) is 2.87. The van der Waals surface area contributed by atoms with Crippen LogP contribution in [0.2, 0.25) is 0 Å². The number of rotatable bonds is 4. The largest absolute Gasteiger partial charge is 0.459 e. The number of furan rings is 1. The summed E-state index contributed by atoms with van der Waals surface area (Å²) in [5.41, 5.74) is 4.26. The number of anilines is 2. The molecule has 0 aliphatic heterocycles. The third-order valence-electron chi connectivity index (χ3n) is 4.34. The normalized spacial score (nSPS) is 10.9. The van der Waals surface area contributed by atoms with Crippen LogP contribution in [-0.2, 0) is 0 Å². The van der Waals surface area contributed by atoms with E-state index in [9.17, 15) is 4.79 Å². The Labute approximate surface area is 156 Å². The summed E-state index contributed by atoms with van der Waals surface area (Å²) in [5.74, 6) is 0.525. The van der Waals surface area contributed by atoms with Crippen molar-refractivity contribution in [3.63, 3.8) is 0 Å². The van der Waals surface area contributed by atoms with Crippen molar-refractivity contribution >= 4 is 23.1 Å². The number of aromatic nitrogens is 3. The van der Waals surface area contributed by atoms with Crippen LogP contribution in [0.25, 0.3) is 16.9 Å². The number of hydrogen-bond donors (Lipinski definition) is 1. The molecule has 136 valence electrons. The summed E-state index contributed by atoms with van der Waals surface area (Å²) in [7, 11) is 4.00. The lowest BCUT2D eigenvalue weighted by Gasteiger charge is -2.12. The Balaban J connectivity index is 1.72. The average Bonchev–Trinajstić information content (AvgIpc) is 3.30. The maximum atomic E-state index is 12.4. The molecule has 0 unspecified atom stereocenters. The lowest BCUT2D eigenvalue weighted by Crippen LogP contribution is -2.13. The number of aryl methyl sites for hydroxylation is 1. The fourth-order valence-corrected chi connectivity index (χ4v) is 2.88. The van der Waals surface area contributed by atoms with Crippen molar-refractivity contribution in [1.82, 2.24) is 14.4 Å². The number of carbonyl (C=O) groups excluding carboxylic acids is 1. The van der Waals surface area contributed by atoms with Gasteiger partial charge in [0.2, 0.25) is 0 Å². The van der Waals surface area contributed by atoms with Crippen LogP contribution < -0.4 is 10.2 Å². The highest BCUT2D eigenvalue weighted by molar-refractivity contribution is 6.02. The molecule has 3 aromatic heterocycles. The summed E-state index contributed by atoms with van der Waals surface area (Å²) in [6.07, 6.45) is 5.04. The molecule has 0 saturated heterocycles. The van der Waals surface area contributed by atoms with Gasteiger partial charge in [0.15, 0.2) is 11.4 Å². The smallest absolute Gasteiger partial charge is 0.292 e. The molecule has 3 heterocycles. The molecule has 0 spiro atoms. The highest BCUT2D eigenvalue weighted by Crippen LogP contribution is 2.24. The Hall–Kier alpha value is -3.61. The van der Waals surface area contributed by atoms with Crippen molar-refractivity contribution in [1.29, 1.82) is 0 Å². The third-order valence-corrected chi connectivity index (χ3v) is 4.34. The van der Waals surface area contributed by atoms with E-state index in [2.05, 4.69) is 15.3 Å². The molecule has 0 aliphatic carbocycles. The molecule has 7 heteroatoms. The van der Waals surface area contributed by atoms with Gasteiger partial charge in [-0.25, -0.2) is 4.98 Å². The summed E-state index contributed by atoms with van der Waals surface area (Å²) < 4.78 is 6.99. The zero-order chi connectivity index (χ0) is 19.0. The maximum absolute atomic E-state index is 12.4. The monoisotopic (exact) mass is 361 g/mol. The Bertz CT molecular complexity index is 1100. The minimum atomic E-state index is -0.321. The van der Waals surface area contributed by atoms with Gasteiger partial charge in [0.05, 0.1) is 23.8 Å². The van der Waals surface area contributed by atoms with Crippen LogP contribution in [0.3, 0.4) is 0 Å². The van der Waals surface area contributed by atoms with Crippen LogP contribution in [0.4, 0.5) is 11.5 Å². The predicted molar refractivity (Wildman–Crippen MR) is 104 cm³/mol. The van der Waals surface area contributed by atoms with Gasteiger partial charge in [-0.3, -0.25) is 14.2 Å². The molecule has 0 radical (unpaired) electrons. The van der Waals surface area contributed by atoms with Gasteiger partial charge < -0.3 is 14.6 Å². The highest BCUT2D eigenvalue weighted by Gasteiger charge is 2.16. The van der Waals surface area contributed by atoms with Gasteiger partial charge in [-0.15, -0.1) is 0 Å². The van der Waals surface area contributed by atoms with E-state index in [0.717, 1.165) is 16.9 Å². The number of fused-ring (bicyclic) bond motifs is 1. The van der Waals surface area contributed by atoms with Crippen molar-refractivity contribution < 1.29 is 9.21 Å². The third kappa shape index (κ3) is 3.15. The minimum Gasteiger partial charge on any atom is -0.459 e. The van der Waals surface area contributed by atoms with E-state index in [-0.39, 0.29) is 11.7 Å². The van der Waals surface area contributed by atoms with Crippen molar-refractivity contribution in [2.24, 2.45) is 0 Å². The zero-order valence-electron chi connectivity index (χ0n) is 15.3. The second-order valence-corrected chi connectivity index (χ2v) is 6.42. The molecule has 4 aromatic rings. The van der Waals surface area contributed by atoms with E-state index in [1.807, 2.05) is 60.8 Å². The lowest BCUT2D eigenvalue weighted by molar-refractivity contribution is 0.0996. The molecule has 0 saturated carbocycles. The number of nitrogens with zero attached hydrogens (tertiary/aromatic N) is 4. The number of hydrogen-bond acceptors (Lipinski definition) is 5. The van der Waals surface area contributed by atoms with Crippen LogP contribution in [0.1, 0.15) is 16.2 Å². The molecular weight excluding hydrogens is 342 g/mol. The summed E-state index contributed by atoms with van der Waals surface area (Å²) >= 11 is 0. The molecule has 0 atom stereocenters. The number of imidazole rings is 1. The lowest BCUT2D eigenvalue weighted by atomic mass is 10.1. The molecule has 27 heavy (non-hydrogen) atoms. The molecule has 1 aromatic carbocycles. The maximum Gasteiger partial charge on any atom is 0.292 e. The number of nitrogens with one attached hydrogen (secondary N) is 1. The number of carbonyl (C=O) groups is 1. The Kier molecular flexibility index (Phi) is 4.12. The fraction of sp³-hybridized carbons (Fsp3) is 0.150. The van der Waals surface area contributed by atoms with Crippen LogP contribution in [-0.4, -0.2) is 34.4 Å². The van der Waals surface area contributed by atoms with Crippen LogP contribution in [0.15, 0.2) is 59.5 Å². The van der Waals surface area contributed by atoms with E-state index in [1.54, 1.807) is 18.3 Å². The topological polar surface area (TPSA) is 75.7 Å². The van der Waals surface area contributed by atoms with Crippen LogP contribution in [0, 0.1) is 6.92 Å². The van der Waals surface area contributed by atoms with Gasteiger partial charge in [0.1, 0.15) is 5.82 Å². The Morgan fingerprint density at radius 2 is 1.96 bits per heavy atom. The second kappa shape index (κ2) is 6.60. The predicted octanol–water partition coefficient (Wildman–Crippen LogP) is 3.62. The molecule has 0 fully saturated rings. The van der Waals surface area contributed by atoms with E-state index >= 15 is 0 Å². The molecule has 0 aliphatic rings. The van der Waals surface area contributed by atoms with Gasteiger partial charge in [-0.2, -0.15) is 0 Å². The fourth-order valence-electron chi connectivity index (χ4n) is 2.88. The molecule has 4 rings (SSSR count). The molecule has 1 amide bonds. The number of benzene rings is 1. The van der Waals surface area contributed by atoms with E-state index in [1.165, 1.54) is 6.26 Å². The average molecular weight is 361 g/mol. The Morgan fingerprint density at radius 1 is 1.19 bits per heavy atom. The summed E-state index contributed by atoms with van der Waals surface area (Å²) in [6, 6.07) is 11.4. The van der Waals surface area contributed by atoms with Crippen molar-refractivity contribution in [2.75, 3.05) is 24.3 Å².